The fourth-order valence-corrected chi connectivity index (χ4v) is 13.7. The lowest BCUT2D eigenvalue weighted by Gasteiger charge is -2.72. The number of allylic oxidation sites excluding steroid dienone is 1. The van der Waals surface area contributed by atoms with Gasteiger partial charge in [-0.25, -0.2) is 0 Å². The zero-order valence-electron chi connectivity index (χ0n) is 35.0. The molecule has 1 aromatic carbocycles. The van der Waals surface area contributed by atoms with Crippen LogP contribution in [0.1, 0.15) is 139 Å². The van der Waals surface area contributed by atoms with Crippen LogP contribution in [0.4, 0.5) is 0 Å². The van der Waals surface area contributed by atoms with Crippen molar-refractivity contribution in [3.05, 3.63) is 46.0 Å². The van der Waals surface area contributed by atoms with Gasteiger partial charge in [0.2, 0.25) is 0 Å². The first kappa shape index (κ1) is 41.9. The molecule has 1 aromatic rings. The Morgan fingerprint density at radius 2 is 1.67 bits per heavy atom. The van der Waals surface area contributed by atoms with E-state index in [0.29, 0.717) is 36.4 Å². The molecular weight excluding hydrogens is 714 g/mol. The Morgan fingerprint density at radius 3 is 2.31 bits per heavy atom. The predicted octanol–water partition coefficient (Wildman–Crippen LogP) is 9.75. The number of fused-ring (bicyclic) bond motifs is 7. The number of carbonyl (C=O) groups is 4. The van der Waals surface area contributed by atoms with Gasteiger partial charge in [-0.05, 0) is 134 Å². The third kappa shape index (κ3) is 6.91. The molecule has 0 radical (unpaired) electrons. The summed E-state index contributed by atoms with van der Waals surface area (Å²) in [5.74, 6) is -0.454. The number of carboxylic acid groups (broad SMARTS) is 1. The Kier molecular flexibility index (Phi) is 11.1. The molecule has 2 N–H and O–H groups in total. The number of esters is 2. The highest BCUT2D eigenvalue weighted by Gasteiger charge is 2.71. The van der Waals surface area contributed by atoms with Gasteiger partial charge in [-0.15, -0.1) is 0 Å². The van der Waals surface area contributed by atoms with Crippen LogP contribution in [-0.2, 0) is 35.2 Å². The third-order valence-corrected chi connectivity index (χ3v) is 16.6. The smallest absolute Gasteiger partial charge is 0.309 e. The van der Waals surface area contributed by atoms with Crippen molar-refractivity contribution in [3.8, 4) is 0 Å². The van der Waals surface area contributed by atoms with Crippen LogP contribution in [0, 0.1) is 56.2 Å². The molecule has 0 saturated heterocycles. The van der Waals surface area contributed by atoms with E-state index in [4.69, 9.17) is 21.1 Å². The molecule has 0 spiro atoms. The fraction of sp³-hybridized carbons (Fsp3) is 0.739. The van der Waals surface area contributed by atoms with Crippen molar-refractivity contribution in [1.29, 1.82) is 0 Å². The molecule has 6 rings (SSSR count). The van der Waals surface area contributed by atoms with Gasteiger partial charge in [0.1, 0.15) is 12.2 Å². The van der Waals surface area contributed by atoms with E-state index in [9.17, 15) is 24.3 Å². The van der Waals surface area contributed by atoms with Gasteiger partial charge in [-0.1, -0.05) is 72.2 Å². The summed E-state index contributed by atoms with van der Waals surface area (Å²) in [7, 11) is 0. The first-order chi connectivity index (χ1) is 25.5. The van der Waals surface area contributed by atoms with Crippen molar-refractivity contribution in [2.24, 2.45) is 56.2 Å². The third-order valence-electron chi connectivity index (χ3n) is 16.3. The first-order valence-corrected chi connectivity index (χ1v) is 21.2. The lowest BCUT2D eigenvalue weighted by molar-refractivity contribution is -0.235. The number of ketones is 1. The number of hydrogen-bond donors (Lipinski definition) is 2. The monoisotopic (exact) mass is 779 g/mol. The summed E-state index contributed by atoms with van der Waals surface area (Å²) in [5, 5.41) is 13.9. The minimum atomic E-state index is -1.18. The Morgan fingerprint density at radius 1 is 0.964 bits per heavy atom. The molecule has 8 nitrogen and oxygen atoms in total. The maximum atomic E-state index is 14.3. The van der Waals surface area contributed by atoms with E-state index in [1.165, 1.54) is 12.5 Å². The molecule has 0 heterocycles. The summed E-state index contributed by atoms with van der Waals surface area (Å²) < 4.78 is 12.5. The number of halogens is 1. The van der Waals surface area contributed by atoms with Gasteiger partial charge in [0.05, 0.1) is 11.8 Å². The highest BCUT2D eigenvalue weighted by atomic mass is 35.5. The normalized spacial score (nSPS) is 36.0. The lowest BCUT2D eigenvalue weighted by atomic mass is 9.33. The number of aliphatic carboxylic acids is 1. The van der Waals surface area contributed by atoms with Crippen LogP contribution in [0.5, 0.6) is 0 Å². The van der Waals surface area contributed by atoms with Crippen LogP contribution < -0.4 is 5.32 Å². The second-order valence-corrected chi connectivity index (χ2v) is 20.9. The molecule has 0 amide bonds. The molecule has 0 aromatic heterocycles. The molecule has 4 fully saturated rings. The summed E-state index contributed by atoms with van der Waals surface area (Å²) >= 11 is 6.29. The topological polar surface area (TPSA) is 119 Å². The van der Waals surface area contributed by atoms with Crippen molar-refractivity contribution in [2.75, 3.05) is 6.54 Å². The van der Waals surface area contributed by atoms with Crippen molar-refractivity contribution in [3.63, 3.8) is 0 Å². The van der Waals surface area contributed by atoms with Crippen LogP contribution in [-0.4, -0.2) is 47.6 Å². The fourth-order valence-electron chi connectivity index (χ4n) is 13.4. The maximum Gasteiger partial charge on any atom is 0.309 e. The summed E-state index contributed by atoms with van der Waals surface area (Å²) in [6, 6.07) is 7.77. The second-order valence-electron chi connectivity index (χ2n) is 20.4. The van der Waals surface area contributed by atoms with Crippen molar-refractivity contribution in [2.45, 2.75) is 152 Å². The standard InChI is InChI=1S/C46H66ClNO7/c1-27(2)38-32(50)23-46(36(54-28(3)49)26-48-25-29-12-11-13-30(47)22-29)21-20-44(9)31(39(38)46)14-15-34-43(8)18-17-35(55-37(51)24-41(4,5)40(52)53)42(6,7)33(43)16-19-45(34,44)10/h11-13,22,27,31,33-36,48H,14-21,23-26H2,1-10H3,(H,52,53)/t31-,33+,34-,35+,36+,43+,44-,45-,46+/m1/s1. The quantitative estimate of drug-likeness (QED) is 0.213. The minimum absolute atomic E-state index is 0.0148. The molecule has 4 saturated carbocycles. The number of nitrogens with one attached hydrogen (secondary N) is 1. The maximum absolute atomic E-state index is 14.3. The molecular formula is C46H66ClNO7. The number of carbonyl (C=O) groups excluding carboxylic acids is 3. The molecule has 0 unspecified atom stereocenters. The predicted molar refractivity (Wildman–Crippen MR) is 214 cm³/mol. The molecule has 9 heteroatoms. The largest absolute Gasteiger partial charge is 0.481 e. The Bertz CT molecular complexity index is 1750. The number of benzene rings is 1. The zero-order valence-corrected chi connectivity index (χ0v) is 35.8. The summed E-state index contributed by atoms with van der Waals surface area (Å²) in [4.78, 5) is 52.0. The average molecular weight is 780 g/mol. The minimum Gasteiger partial charge on any atom is -0.481 e. The Labute approximate surface area is 334 Å². The van der Waals surface area contributed by atoms with Crippen LogP contribution >= 0.6 is 11.6 Å². The van der Waals surface area contributed by atoms with E-state index in [2.05, 4.69) is 53.8 Å². The SMILES string of the molecule is CC(=O)O[C@@H](CNCc1cccc(Cl)c1)[C@@]12CC[C@]3(C)[C@H](CC[C@@H]4[C@@]5(C)CC[C@H](OC(=O)CC(C)(C)C(=O)O)C(C)(C)[C@@H]5CC[C@]43C)C1=C(C(C)C)C(=O)C2. The molecule has 55 heavy (non-hydrogen) atoms. The first-order valence-electron chi connectivity index (χ1n) is 20.9. The number of rotatable bonds is 11. The van der Waals surface area contributed by atoms with Crippen LogP contribution in [0.3, 0.4) is 0 Å². The van der Waals surface area contributed by atoms with Crippen molar-refractivity contribution in [1.82, 2.24) is 5.32 Å². The highest BCUT2D eigenvalue weighted by Crippen LogP contribution is 2.77. The molecule has 5 aliphatic carbocycles. The van der Waals surface area contributed by atoms with E-state index < -0.39 is 28.9 Å². The van der Waals surface area contributed by atoms with Gasteiger partial charge in [0.15, 0.2) is 5.78 Å². The number of Topliss-reactive ketones (excluding diaryl/α,β-unsaturated/α-hetero) is 1. The molecule has 5 aliphatic rings. The lowest BCUT2D eigenvalue weighted by Crippen LogP contribution is -2.66. The number of ether oxygens (including phenoxy) is 2. The summed E-state index contributed by atoms with van der Waals surface area (Å²) in [6.07, 6.45) is 7.12. The molecule has 0 aliphatic heterocycles. The zero-order chi connectivity index (χ0) is 40.5. The van der Waals surface area contributed by atoms with Gasteiger partial charge in [-0.3, -0.25) is 19.2 Å². The van der Waals surface area contributed by atoms with E-state index in [1.807, 2.05) is 24.3 Å². The van der Waals surface area contributed by atoms with Gasteiger partial charge in [-0.2, -0.15) is 0 Å². The van der Waals surface area contributed by atoms with Gasteiger partial charge >= 0.3 is 17.9 Å². The summed E-state index contributed by atoms with van der Waals surface area (Å²) in [5.41, 5.74) is 1.31. The van der Waals surface area contributed by atoms with Gasteiger partial charge < -0.3 is 19.9 Å². The van der Waals surface area contributed by atoms with E-state index >= 15 is 0 Å². The van der Waals surface area contributed by atoms with E-state index in [0.717, 1.165) is 62.5 Å². The van der Waals surface area contributed by atoms with Crippen molar-refractivity contribution < 1.29 is 33.8 Å². The highest BCUT2D eigenvalue weighted by molar-refractivity contribution is 6.30. The van der Waals surface area contributed by atoms with Crippen molar-refractivity contribution >= 4 is 35.3 Å². The van der Waals surface area contributed by atoms with Gasteiger partial charge in [0.25, 0.3) is 0 Å². The number of hydrogen-bond acceptors (Lipinski definition) is 7. The second kappa shape index (κ2) is 14.6. The Hall–Kier alpha value is -2.71. The molecule has 0 bridgehead atoms. The number of carboxylic acids is 1. The summed E-state index contributed by atoms with van der Waals surface area (Å²) in [6.45, 7) is 22.1. The molecule has 304 valence electrons. The van der Waals surface area contributed by atoms with E-state index in [-0.39, 0.29) is 57.8 Å². The van der Waals surface area contributed by atoms with Gasteiger partial charge in [0, 0.05) is 42.3 Å². The van der Waals surface area contributed by atoms with Crippen LogP contribution in [0.25, 0.3) is 0 Å². The van der Waals surface area contributed by atoms with Crippen LogP contribution in [0.2, 0.25) is 5.02 Å². The molecule has 9 atom stereocenters. The average Bonchev–Trinajstić information content (AvgIpc) is 3.38. The Balaban J connectivity index is 1.30. The van der Waals surface area contributed by atoms with Crippen LogP contribution in [0.15, 0.2) is 35.4 Å². The van der Waals surface area contributed by atoms with E-state index in [1.54, 1.807) is 13.8 Å².